The van der Waals surface area contributed by atoms with Crippen LogP contribution < -0.4 is 0 Å². The van der Waals surface area contributed by atoms with Gasteiger partial charge in [-0.25, -0.2) is 4.79 Å². The Balaban J connectivity index is 2.74. The molecule has 0 amide bonds. The van der Waals surface area contributed by atoms with Gasteiger partial charge in [0.15, 0.2) is 0 Å². The van der Waals surface area contributed by atoms with E-state index in [1.165, 1.54) is 0 Å². The van der Waals surface area contributed by atoms with Gasteiger partial charge in [-0.15, -0.1) is 0 Å². The molecule has 1 N–H and O–H groups in total. The van der Waals surface area contributed by atoms with E-state index in [0.29, 0.717) is 15.1 Å². The van der Waals surface area contributed by atoms with Crippen molar-refractivity contribution in [2.75, 3.05) is 0 Å². The molecule has 0 bridgehead atoms. The van der Waals surface area contributed by atoms with E-state index < -0.39 is 12.3 Å². The van der Waals surface area contributed by atoms with Gasteiger partial charge in [-0.2, -0.15) is 0 Å². The summed E-state index contributed by atoms with van der Waals surface area (Å²) in [4.78, 5) is 11.2. The lowest BCUT2D eigenvalue weighted by Crippen LogP contribution is -1.96. The number of hydrogen-bond acceptors (Lipinski definition) is 3. The average molecular weight is 263 g/mol. The van der Waals surface area contributed by atoms with Gasteiger partial charge in [0.05, 0.1) is 16.1 Å². The molecule has 0 fully saturated rings. The average Bonchev–Trinajstić information content (AvgIpc) is 2.36. The molecule has 0 saturated carbocycles. The van der Waals surface area contributed by atoms with E-state index in [1.54, 1.807) is 12.1 Å². The summed E-state index contributed by atoms with van der Waals surface area (Å²) in [5, 5.41) is 9.62. The van der Waals surface area contributed by atoms with Crippen molar-refractivity contribution in [3.8, 4) is 0 Å². The number of ether oxygens (including phenoxy) is 1. The number of hydrogen-bond donors (Lipinski definition) is 1. The first-order valence-corrected chi connectivity index (χ1v) is 4.65. The number of aliphatic hydroxyl groups excluding tert-OH is 1. The predicted molar refractivity (Wildman–Crippen MR) is 49.5 cm³/mol. The first kappa shape index (κ1) is 8.99. The molecular formula is C8H4BrClO3. The van der Waals surface area contributed by atoms with Gasteiger partial charge >= 0.3 is 5.97 Å². The molecule has 1 heterocycles. The molecule has 0 saturated heterocycles. The summed E-state index contributed by atoms with van der Waals surface area (Å²) in [6, 6.07) is 3.23. The number of rotatable bonds is 0. The highest BCUT2D eigenvalue weighted by atomic mass is 79.9. The number of esters is 1. The van der Waals surface area contributed by atoms with Crippen molar-refractivity contribution in [3.63, 3.8) is 0 Å². The lowest BCUT2D eigenvalue weighted by Gasteiger charge is -2.03. The topological polar surface area (TPSA) is 46.5 Å². The van der Waals surface area contributed by atoms with E-state index in [1.807, 2.05) is 0 Å². The predicted octanol–water partition coefficient (Wildman–Crippen LogP) is 2.26. The fourth-order valence-electron chi connectivity index (χ4n) is 1.24. The van der Waals surface area contributed by atoms with Crippen LogP contribution in [-0.4, -0.2) is 11.1 Å². The first-order chi connectivity index (χ1) is 6.11. The second-order valence-electron chi connectivity index (χ2n) is 2.58. The zero-order valence-corrected chi connectivity index (χ0v) is 8.59. The summed E-state index contributed by atoms with van der Waals surface area (Å²) in [5.41, 5.74) is 0.640. The number of halogens is 2. The lowest BCUT2D eigenvalue weighted by molar-refractivity contribution is -0.0551. The van der Waals surface area contributed by atoms with Crippen LogP contribution in [0.15, 0.2) is 16.6 Å². The maximum Gasteiger partial charge on any atom is 0.342 e. The largest absolute Gasteiger partial charge is 0.428 e. The molecule has 0 aromatic heterocycles. The Morgan fingerprint density at radius 2 is 2.23 bits per heavy atom. The maximum absolute atomic E-state index is 11.2. The fourth-order valence-corrected chi connectivity index (χ4v) is 2.00. The van der Waals surface area contributed by atoms with Gasteiger partial charge < -0.3 is 9.84 Å². The Bertz CT molecular complexity index is 391. The zero-order valence-electron chi connectivity index (χ0n) is 6.25. The van der Waals surface area contributed by atoms with E-state index in [4.69, 9.17) is 11.6 Å². The van der Waals surface area contributed by atoms with Gasteiger partial charge in [0.1, 0.15) is 0 Å². The third-order valence-electron chi connectivity index (χ3n) is 1.81. The van der Waals surface area contributed by atoms with E-state index in [9.17, 15) is 9.90 Å². The van der Waals surface area contributed by atoms with E-state index in [0.717, 1.165) is 0 Å². The highest BCUT2D eigenvalue weighted by Crippen LogP contribution is 2.38. The van der Waals surface area contributed by atoms with Gasteiger partial charge in [0.25, 0.3) is 0 Å². The summed E-state index contributed by atoms with van der Waals surface area (Å²) in [6.45, 7) is 0. The Hall–Kier alpha value is -0.580. The minimum atomic E-state index is -1.21. The standard InChI is InChI=1S/C8H4BrClO3/c9-3-1-2-4(10)6-5(3)7(11)13-8(6)12/h1-2,7,11H. The van der Waals surface area contributed by atoms with Gasteiger partial charge in [-0.05, 0) is 12.1 Å². The molecule has 3 nitrogen and oxygen atoms in total. The van der Waals surface area contributed by atoms with E-state index in [2.05, 4.69) is 20.7 Å². The van der Waals surface area contributed by atoms with Crippen LogP contribution in [0.4, 0.5) is 0 Å². The highest BCUT2D eigenvalue weighted by Gasteiger charge is 2.33. The van der Waals surface area contributed by atoms with Crippen molar-refractivity contribution in [2.24, 2.45) is 0 Å². The summed E-state index contributed by atoms with van der Waals surface area (Å²) >= 11 is 8.97. The molecule has 68 valence electrons. The van der Waals surface area contributed by atoms with Crippen molar-refractivity contribution in [2.45, 2.75) is 6.29 Å². The molecule has 2 rings (SSSR count). The Labute approximate surface area is 87.4 Å². The monoisotopic (exact) mass is 262 g/mol. The van der Waals surface area contributed by atoms with Crippen LogP contribution >= 0.6 is 27.5 Å². The van der Waals surface area contributed by atoms with Crippen LogP contribution in [-0.2, 0) is 4.74 Å². The number of carbonyl (C=O) groups excluding carboxylic acids is 1. The summed E-state index contributed by atoms with van der Waals surface area (Å²) in [6.07, 6.45) is -1.21. The molecule has 5 heteroatoms. The molecule has 0 radical (unpaired) electrons. The van der Waals surface area contributed by atoms with Crippen LogP contribution in [0.5, 0.6) is 0 Å². The smallest absolute Gasteiger partial charge is 0.342 e. The summed E-state index contributed by atoms with van der Waals surface area (Å²) < 4.78 is 5.21. The molecule has 0 spiro atoms. The highest BCUT2D eigenvalue weighted by molar-refractivity contribution is 9.10. The second kappa shape index (κ2) is 2.97. The van der Waals surface area contributed by atoms with Crippen LogP contribution in [0.2, 0.25) is 5.02 Å². The molecule has 1 atom stereocenters. The third-order valence-corrected chi connectivity index (χ3v) is 2.82. The Morgan fingerprint density at radius 1 is 1.54 bits per heavy atom. The van der Waals surface area contributed by atoms with Crippen LogP contribution in [0, 0.1) is 0 Å². The van der Waals surface area contributed by atoms with E-state index in [-0.39, 0.29) is 5.56 Å². The Kier molecular flexibility index (Phi) is 2.06. The van der Waals surface area contributed by atoms with Gasteiger partial charge in [-0.1, -0.05) is 27.5 Å². The molecule has 1 aliphatic heterocycles. The Morgan fingerprint density at radius 3 is 2.85 bits per heavy atom. The number of aliphatic hydroxyl groups is 1. The maximum atomic E-state index is 11.2. The number of carbonyl (C=O) groups is 1. The molecule has 1 aromatic rings. The molecule has 13 heavy (non-hydrogen) atoms. The summed E-state index contributed by atoms with van der Waals surface area (Å²) in [7, 11) is 0. The van der Waals surface area contributed by atoms with Gasteiger partial charge in [-0.3, -0.25) is 0 Å². The minimum absolute atomic E-state index is 0.239. The summed E-state index contributed by atoms with van der Waals surface area (Å²) in [5.74, 6) is -0.589. The number of fused-ring (bicyclic) bond motifs is 1. The first-order valence-electron chi connectivity index (χ1n) is 3.48. The van der Waals surface area contributed by atoms with Crippen LogP contribution in [0.25, 0.3) is 0 Å². The van der Waals surface area contributed by atoms with Crippen molar-refractivity contribution >= 4 is 33.5 Å². The zero-order chi connectivity index (χ0) is 9.59. The lowest BCUT2D eigenvalue weighted by atomic mass is 10.1. The molecule has 1 aliphatic rings. The fraction of sp³-hybridized carbons (Fsp3) is 0.125. The van der Waals surface area contributed by atoms with Crippen molar-refractivity contribution < 1.29 is 14.6 Å². The van der Waals surface area contributed by atoms with Crippen LogP contribution in [0.1, 0.15) is 22.2 Å². The number of benzene rings is 1. The molecular weight excluding hydrogens is 259 g/mol. The third kappa shape index (κ3) is 1.25. The van der Waals surface area contributed by atoms with Crippen molar-refractivity contribution in [1.82, 2.24) is 0 Å². The molecule has 0 aliphatic carbocycles. The molecule has 1 unspecified atom stereocenters. The van der Waals surface area contributed by atoms with Crippen LogP contribution in [0.3, 0.4) is 0 Å². The SMILES string of the molecule is O=C1OC(O)c2c(Br)ccc(Cl)c21. The van der Waals surface area contributed by atoms with Crippen molar-refractivity contribution in [1.29, 1.82) is 0 Å². The van der Waals surface area contributed by atoms with E-state index >= 15 is 0 Å². The van der Waals surface area contributed by atoms with Gasteiger partial charge in [0.2, 0.25) is 6.29 Å². The number of cyclic esters (lactones) is 1. The molecule has 1 aromatic carbocycles. The second-order valence-corrected chi connectivity index (χ2v) is 3.84. The normalized spacial score (nSPS) is 19.9. The quantitative estimate of drug-likeness (QED) is 0.730. The van der Waals surface area contributed by atoms with Gasteiger partial charge in [0, 0.05) is 4.47 Å². The van der Waals surface area contributed by atoms with Crippen molar-refractivity contribution in [3.05, 3.63) is 32.8 Å². The minimum Gasteiger partial charge on any atom is -0.428 e.